The zero-order valence-corrected chi connectivity index (χ0v) is 19.3. The highest BCUT2D eigenvalue weighted by atomic mass is 16.4. The van der Waals surface area contributed by atoms with Crippen molar-refractivity contribution >= 4 is 11.9 Å². The number of carbonyl (C=O) groups is 2. The molecule has 1 amide bonds. The van der Waals surface area contributed by atoms with Crippen LogP contribution in [-0.2, 0) is 11.2 Å². The van der Waals surface area contributed by atoms with Crippen LogP contribution in [0.25, 0.3) is 11.1 Å². The number of aliphatic carboxylic acids is 1. The predicted molar refractivity (Wildman–Crippen MR) is 135 cm³/mol. The molecule has 1 saturated carbocycles. The Hall–Kier alpha value is -3.44. The Morgan fingerprint density at radius 3 is 2.18 bits per heavy atom. The van der Waals surface area contributed by atoms with Gasteiger partial charge in [-0.15, -0.1) is 0 Å². The fourth-order valence-corrected chi connectivity index (χ4v) is 4.82. The van der Waals surface area contributed by atoms with E-state index in [-0.39, 0.29) is 24.3 Å². The van der Waals surface area contributed by atoms with Gasteiger partial charge in [0.25, 0.3) is 5.91 Å². The summed E-state index contributed by atoms with van der Waals surface area (Å²) in [7, 11) is 0. The highest BCUT2D eigenvalue weighted by Crippen LogP contribution is 2.33. The lowest BCUT2D eigenvalue weighted by molar-refractivity contribution is -0.138. The van der Waals surface area contributed by atoms with Gasteiger partial charge in [0.2, 0.25) is 0 Å². The Morgan fingerprint density at radius 1 is 0.853 bits per heavy atom. The molecule has 1 aliphatic carbocycles. The van der Waals surface area contributed by atoms with Gasteiger partial charge < -0.3 is 16.2 Å². The van der Waals surface area contributed by atoms with Crippen LogP contribution >= 0.6 is 0 Å². The normalized spacial score (nSPS) is 19.1. The van der Waals surface area contributed by atoms with Gasteiger partial charge in [0.05, 0.1) is 0 Å². The molecule has 0 aromatic heterocycles. The van der Waals surface area contributed by atoms with Crippen LogP contribution in [0.1, 0.15) is 59.5 Å². The van der Waals surface area contributed by atoms with E-state index in [2.05, 4.69) is 41.7 Å². The fraction of sp³-hybridized carbons (Fsp3) is 0.310. The minimum absolute atomic E-state index is 0.0812. The van der Waals surface area contributed by atoms with Crippen molar-refractivity contribution in [3.63, 3.8) is 0 Å². The molecule has 4 N–H and O–H groups in total. The Bertz CT molecular complexity index is 1090. The first-order valence-electron chi connectivity index (χ1n) is 12.0. The Labute approximate surface area is 201 Å². The molecular weight excluding hydrogens is 424 g/mol. The Morgan fingerprint density at radius 2 is 1.50 bits per heavy atom. The maximum atomic E-state index is 13.1. The lowest BCUT2D eigenvalue weighted by Crippen LogP contribution is -2.38. The second-order valence-electron chi connectivity index (χ2n) is 9.16. The minimum Gasteiger partial charge on any atom is -0.480 e. The second-order valence-corrected chi connectivity index (χ2v) is 9.16. The van der Waals surface area contributed by atoms with Crippen LogP contribution in [0.5, 0.6) is 0 Å². The fourth-order valence-electron chi connectivity index (χ4n) is 4.82. The number of amides is 1. The van der Waals surface area contributed by atoms with Crippen LogP contribution in [0.4, 0.5) is 0 Å². The molecule has 3 aromatic rings. The van der Waals surface area contributed by atoms with E-state index in [1.807, 2.05) is 18.2 Å². The topological polar surface area (TPSA) is 92.4 Å². The third-order valence-electron chi connectivity index (χ3n) is 6.77. The van der Waals surface area contributed by atoms with Crippen molar-refractivity contribution in [1.29, 1.82) is 0 Å². The molecule has 4 rings (SSSR count). The van der Waals surface area contributed by atoms with Crippen LogP contribution in [0.2, 0.25) is 0 Å². The molecule has 0 bridgehead atoms. The van der Waals surface area contributed by atoms with Gasteiger partial charge in [-0.05, 0) is 53.6 Å². The van der Waals surface area contributed by atoms with Gasteiger partial charge in [0.1, 0.15) is 6.04 Å². The van der Waals surface area contributed by atoms with Crippen LogP contribution in [0, 0.1) is 0 Å². The van der Waals surface area contributed by atoms with E-state index in [9.17, 15) is 9.59 Å². The van der Waals surface area contributed by atoms with Crippen molar-refractivity contribution in [2.45, 2.75) is 56.5 Å². The SMILES string of the molecule is NC(Cc1ccc(C(=O)N[C@@H]2CCCCCC2c2ccc(-c3ccccc3)cc2)cc1)C(=O)O. The smallest absolute Gasteiger partial charge is 0.320 e. The first kappa shape index (κ1) is 23.7. The van der Waals surface area contributed by atoms with Gasteiger partial charge in [-0.2, -0.15) is 0 Å². The van der Waals surface area contributed by atoms with E-state index in [1.165, 1.54) is 23.1 Å². The number of carboxylic acids is 1. The third kappa shape index (κ3) is 5.91. The zero-order chi connectivity index (χ0) is 23.9. The average molecular weight is 457 g/mol. The molecule has 3 atom stereocenters. The van der Waals surface area contributed by atoms with Crippen LogP contribution in [0.3, 0.4) is 0 Å². The summed E-state index contributed by atoms with van der Waals surface area (Å²) in [6.45, 7) is 0. The maximum Gasteiger partial charge on any atom is 0.320 e. The molecule has 3 aromatic carbocycles. The van der Waals surface area contributed by atoms with E-state index < -0.39 is 12.0 Å². The molecule has 0 spiro atoms. The van der Waals surface area contributed by atoms with Gasteiger partial charge in [0.15, 0.2) is 0 Å². The van der Waals surface area contributed by atoms with Crippen molar-refractivity contribution in [3.05, 3.63) is 95.6 Å². The summed E-state index contributed by atoms with van der Waals surface area (Å²) >= 11 is 0. The summed E-state index contributed by atoms with van der Waals surface area (Å²) in [6.07, 6.45) is 5.71. The molecule has 0 saturated heterocycles. The van der Waals surface area contributed by atoms with Gasteiger partial charge >= 0.3 is 5.97 Å². The van der Waals surface area contributed by atoms with Crippen molar-refractivity contribution in [2.75, 3.05) is 0 Å². The molecule has 0 heterocycles. The minimum atomic E-state index is -1.03. The zero-order valence-electron chi connectivity index (χ0n) is 19.3. The molecule has 34 heavy (non-hydrogen) atoms. The molecule has 0 radical (unpaired) electrons. The van der Waals surface area contributed by atoms with Gasteiger partial charge in [-0.25, -0.2) is 0 Å². The van der Waals surface area contributed by atoms with Crippen molar-refractivity contribution in [3.8, 4) is 11.1 Å². The highest BCUT2D eigenvalue weighted by Gasteiger charge is 2.27. The highest BCUT2D eigenvalue weighted by molar-refractivity contribution is 5.94. The number of hydrogen-bond donors (Lipinski definition) is 3. The second kappa shape index (κ2) is 11.1. The number of carbonyl (C=O) groups excluding carboxylic acids is 1. The van der Waals surface area contributed by atoms with Crippen molar-refractivity contribution in [1.82, 2.24) is 5.32 Å². The molecule has 2 unspecified atom stereocenters. The first-order chi connectivity index (χ1) is 16.5. The summed E-state index contributed by atoms with van der Waals surface area (Å²) in [5, 5.41) is 12.3. The molecule has 5 nitrogen and oxygen atoms in total. The Balaban J connectivity index is 1.46. The Kier molecular flexibility index (Phi) is 7.76. The summed E-state index contributed by atoms with van der Waals surface area (Å²) in [4.78, 5) is 24.0. The van der Waals surface area contributed by atoms with E-state index in [4.69, 9.17) is 10.8 Å². The third-order valence-corrected chi connectivity index (χ3v) is 6.77. The van der Waals surface area contributed by atoms with Gasteiger partial charge in [-0.3, -0.25) is 9.59 Å². The average Bonchev–Trinajstić information content (AvgIpc) is 3.10. The van der Waals surface area contributed by atoms with Crippen LogP contribution < -0.4 is 11.1 Å². The van der Waals surface area contributed by atoms with Gasteiger partial charge in [-0.1, -0.05) is 86.0 Å². The lowest BCUT2D eigenvalue weighted by Gasteiger charge is -2.27. The van der Waals surface area contributed by atoms with Gasteiger partial charge in [0, 0.05) is 17.5 Å². The van der Waals surface area contributed by atoms with E-state index in [0.29, 0.717) is 5.56 Å². The molecule has 0 aliphatic heterocycles. The van der Waals surface area contributed by atoms with Crippen LogP contribution in [-0.4, -0.2) is 29.1 Å². The molecule has 1 fully saturated rings. The summed E-state index contributed by atoms with van der Waals surface area (Å²) in [5.41, 5.74) is 10.7. The monoisotopic (exact) mass is 456 g/mol. The van der Waals surface area contributed by atoms with E-state index in [0.717, 1.165) is 31.2 Å². The lowest BCUT2D eigenvalue weighted by atomic mass is 9.86. The van der Waals surface area contributed by atoms with E-state index >= 15 is 0 Å². The number of rotatable bonds is 7. The first-order valence-corrected chi connectivity index (χ1v) is 12.0. The molecular formula is C29H32N2O3. The van der Waals surface area contributed by atoms with Crippen LogP contribution in [0.15, 0.2) is 78.9 Å². The van der Waals surface area contributed by atoms with Crippen molar-refractivity contribution < 1.29 is 14.7 Å². The number of hydrogen-bond acceptors (Lipinski definition) is 3. The summed E-state index contributed by atoms with van der Waals surface area (Å²) in [6, 6.07) is 25.3. The maximum absolute atomic E-state index is 13.1. The number of benzene rings is 3. The summed E-state index contributed by atoms with van der Waals surface area (Å²) < 4.78 is 0. The predicted octanol–water partition coefficient (Wildman–Crippen LogP) is 5.15. The summed E-state index contributed by atoms with van der Waals surface area (Å²) in [5.74, 6) is -0.839. The number of carboxylic acid groups (broad SMARTS) is 1. The number of nitrogens with one attached hydrogen (secondary N) is 1. The number of nitrogens with two attached hydrogens (primary N) is 1. The van der Waals surface area contributed by atoms with E-state index in [1.54, 1.807) is 24.3 Å². The standard InChI is InChI=1S/C29H32N2O3/c30-26(29(33)34)19-20-11-13-24(14-12-20)28(32)31-27-10-6-2-5-9-25(27)23-17-15-22(16-18-23)21-7-3-1-4-8-21/h1,3-4,7-8,11-18,25-27H,2,5-6,9-10,19,30H2,(H,31,32)(H,33,34)/t25?,26?,27-/m1/s1. The van der Waals surface area contributed by atoms with Crippen molar-refractivity contribution in [2.24, 2.45) is 5.73 Å². The quantitative estimate of drug-likeness (QED) is 0.429. The molecule has 1 aliphatic rings. The molecule has 5 heteroatoms. The molecule has 176 valence electrons. The largest absolute Gasteiger partial charge is 0.480 e.